The lowest BCUT2D eigenvalue weighted by Gasteiger charge is -2.31. The predicted molar refractivity (Wildman–Crippen MR) is 124 cm³/mol. The molecule has 0 saturated carbocycles. The largest absolute Gasteiger partial charge is 0.435 e. The lowest BCUT2D eigenvalue weighted by molar-refractivity contribution is -0.348. The van der Waals surface area contributed by atoms with Crippen LogP contribution in [0.5, 0.6) is 5.75 Å². The Morgan fingerprint density at radius 2 is 1.39 bits per heavy atom. The first kappa shape index (κ1) is 28.7. The first-order valence-corrected chi connectivity index (χ1v) is 10.9. The zero-order valence-corrected chi connectivity index (χ0v) is 20.1. The van der Waals surface area contributed by atoms with E-state index >= 15 is 0 Å². The molecule has 0 saturated heterocycles. The first-order valence-electron chi connectivity index (χ1n) is 10.5. The number of benzene rings is 2. The van der Waals surface area contributed by atoms with Crippen molar-refractivity contribution in [1.29, 1.82) is 0 Å². The fourth-order valence-corrected chi connectivity index (χ4v) is 3.67. The summed E-state index contributed by atoms with van der Waals surface area (Å²) in [6.07, 6.45) is -12.3. The Labute approximate surface area is 215 Å². The number of carbonyl (C=O) groups excluding carboxylic acids is 2. The number of amides is 2. The lowest BCUT2D eigenvalue weighted by Crippen LogP contribution is -2.50. The number of alkyl halides is 7. The molecule has 0 spiro atoms. The molecule has 2 amide bonds. The number of nitrogens with zero attached hydrogens (tertiary/aromatic N) is 1. The molecule has 0 aliphatic heterocycles. The number of ether oxygens (including phenoxy) is 1. The van der Waals surface area contributed by atoms with Crippen LogP contribution in [0.15, 0.2) is 54.7 Å². The third-order valence-corrected chi connectivity index (χ3v) is 5.51. The van der Waals surface area contributed by atoms with Crippen molar-refractivity contribution >= 4 is 35.0 Å². The standard InChI is InChI=1S/C24H17ClF7N3O3/c1-12-9-14(22(26,23(27,28)29)24(30,31)32)10-13(2)18(12)38-21(37)35-16-6-3-5-15(11-16)34-20(36)17-7-4-8-33-19(17)25/h3-11H,1-2H3,(H,34,36)(H,35,37). The van der Waals surface area contributed by atoms with Crippen molar-refractivity contribution in [2.75, 3.05) is 10.6 Å². The van der Waals surface area contributed by atoms with Gasteiger partial charge in [0.05, 0.1) is 5.56 Å². The number of aryl methyl sites for hydroxylation is 2. The molecule has 38 heavy (non-hydrogen) atoms. The summed E-state index contributed by atoms with van der Waals surface area (Å²) in [5.74, 6) is -0.954. The van der Waals surface area contributed by atoms with Gasteiger partial charge in [0.25, 0.3) is 5.91 Å². The number of pyridine rings is 1. The third kappa shape index (κ3) is 5.82. The Morgan fingerprint density at radius 3 is 1.92 bits per heavy atom. The second kappa shape index (κ2) is 10.5. The first-order chi connectivity index (χ1) is 17.5. The van der Waals surface area contributed by atoms with Gasteiger partial charge in [-0.15, -0.1) is 0 Å². The Bertz CT molecular complexity index is 1340. The van der Waals surface area contributed by atoms with Crippen LogP contribution in [0.3, 0.4) is 0 Å². The van der Waals surface area contributed by atoms with Gasteiger partial charge < -0.3 is 10.1 Å². The van der Waals surface area contributed by atoms with Crippen LogP contribution in [0.2, 0.25) is 5.15 Å². The van der Waals surface area contributed by atoms with Crippen LogP contribution in [-0.4, -0.2) is 29.3 Å². The summed E-state index contributed by atoms with van der Waals surface area (Å²) >= 11 is 5.89. The molecule has 6 nitrogen and oxygen atoms in total. The van der Waals surface area contributed by atoms with Gasteiger partial charge in [-0.3, -0.25) is 10.1 Å². The fourth-order valence-electron chi connectivity index (χ4n) is 3.46. The van der Waals surface area contributed by atoms with Gasteiger partial charge in [-0.1, -0.05) is 17.7 Å². The quantitative estimate of drug-likeness (QED) is 0.249. The van der Waals surface area contributed by atoms with Crippen LogP contribution < -0.4 is 15.4 Å². The Balaban J connectivity index is 1.78. The Hall–Kier alpha value is -3.87. The molecule has 0 radical (unpaired) electrons. The molecule has 3 aromatic rings. The number of hydrogen-bond donors (Lipinski definition) is 2. The average Bonchev–Trinajstić information content (AvgIpc) is 2.79. The number of hydrogen-bond acceptors (Lipinski definition) is 4. The van der Waals surface area contributed by atoms with E-state index in [0.717, 1.165) is 13.8 Å². The highest BCUT2D eigenvalue weighted by Crippen LogP contribution is 2.54. The maximum Gasteiger partial charge on any atom is 0.435 e. The van der Waals surface area contributed by atoms with E-state index in [1.54, 1.807) is 0 Å². The van der Waals surface area contributed by atoms with E-state index in [4.69, 9.17) is 16.3 Å². The Morgan fingerprint density at radius 1 is 0.842 bits per heavy atom. The summed E-state index contributed by atoms with van der Waals surface area (Å²) in [6, 6.07) is 9.30. The monoisotopic (exact) mass is 563 g/mol. The van der Waals surface area contributed by atoms with Crippen molar-refractivity contribution in [3.05, 3.63) is 82.1 Å². The summed E-state index contributed by atoms with van der Waals surface area (Å²) in [5, 5.41) is 4.84. The van der Waals surface area contributed by atoms with Crippen molar-refractivity contribution in [3.63, 3.8) is 0 Å². The number of aromatic nitrogens is 1. The van der Waals surface area contributed by atoms with Crippen LogP contribution in [0.1, 0.15) is 27.0 Å². The smallest absolute Gasteiger partial charge is 0.410 e. The Kier molecular flexibility index (Phi) is 7.91. The van der Waals surface area contributed by atoms with Gasteiger partial charge in [-0.25, -0.2) is 14.2 Å². The van der Waals surface area contributed by atoms with E-state index in [9.17, 15) is 40.3 Å². The van der Waals surface area contributed by atoms with Crippen LogP contribution >= 0.6 is 11.6 Å². The van der Waals surface area contributed by atoms with Crippen LogP contribution in [-0.2, 0) is 5.67 Å². The maximum absolute atomic E-state index is 14.4. The molecular weight excluding hydrogens is 547 g/mol. The summed E-state index contributed by atoms with van der Waals surface area (Å²) < 4.78 is 98.1. The minimum atomic E-state index is -6.29. The summed E-state index contributed by atoms with van der Waals surface area (Å²) in [5.41, 5.74) is -7.56. The van der Waals surface area contributed by atoms with Gasteiger partial charge in [-0.2, -0.15) is 26.3 Å². The molecule has 0 aliphatic carbocycles. The highest BCUT2D eigenvalue weighted by Gasteiger charge is 2.73. The fraction of sp³-hybridized carbons (Fsp3) is 0.208. The summed E-state index contributed by atoms with van der Waals surface area (Å²) in [7, 11) is 0. The molecule has 14 heteroatoms. The second-order valence-electron chi connectivity index (χ2n) is 7.98. The van der Waals surface area contributed by atoms with Crippen molar-refractivity contribution in [1.82, 2.24) is 4.98 Å². The molecule has 2 aromatic carbocycles. The molecule has 202 valence electrons. The molecule has 0 fully saturated rings. The van der Waals surface area contributed by atoms with Crippen LogP contribution in [0, 0.1) is 13.8 Å². The molecule has 2 N–H and O–H groups in total. The molecule has 1 aromatic heterocycles. The van der Waals surface area contributed by atoms with Gasteiger partial charge in [-0.05, 0) is 67.4 Å². The number of carbonyl (C=O) groups is 2. The number of halogens is 8. The topological polar surface area (TPSA) is 80.3 Å². The van der Waals surface area contributed by atoms with Crippen LogP contribution in [0.25, 0.3) is 0 Å². The molecule has 0 atom stereocenters. The zero-order chi connectivity index (χ0) is 28.5. The van der Waals surface area contributed by atoms with E-state index in [2.05, 4.69) is 15.6 Å². The van der Waals surface area contributed by atoms with Crippen molar-refractivity contribution < 1.29 is 45.1 Å². The highest BCUT2D eigenvalue weighted by atomic mass is 35.5. The van der Waals surface area contributed by atoms with Crippen molar-refractivity contribution in [2.45, 2.75) is 31.9 Å². The normalized spacial score (nSPS) is 12.2. The predicted octanol–water partition coefficient (Wildman–Crippen LogP) is 7.50. The average molecular weight is 564 g/mol. The number of rotatable bonds is 5. The van der Waals surface area contributed by atoms with E-state index < -0.39 is 35.6 Å². The van der Waals surface area contributed by atoms with E-state index in [0.29, 0.717) is 12.1 Å². The minimum Gasteiger partial charge on any atom is -0.410 e. The van der Waals surface area contributed by atoms with Gasteiger partial charge in [0.1, 0.15) is 10.9 Å². The van der Waals surface area contributed by atoms with Crippen molar-refractivity contribution in [3.8, 4) is 5.75 Å². The molecule has 0 aliphatic rings. The summed E-state index contributed by atoms with van der Waals surface area (Å²) in [4.78, 5) is 28.6. The van der Waals surface area contributed by atoms with Gasteiger partial charge >= 0.3 is 24.1 Å². The maximum atomic E-state index is 14.4. The number of nitrogens with one attached hydrogen (secondary N) is 2. The summed E-state index contributed by atoms with van der Waals surface area (Å²) in [6.45, 7) is 2.12. The molecule has 1 heterocycles. The van der Waals surface area contributed by atoms with Crippen molar-refractivity contribution in [2.24, 2.45) is 0 Å². The zero-order valence-electron chi connectivity index (χ0n) is 19.4. The molecule has 3 rings (SSSR count). The SMILES string of the molecule is Cc1cc(C(F)(C(F)(F)F)C(F)(F)F)cc(C)c1OC(=O)Nc1cccc(NC(=O)c2cccnc2Cl)c1. The molecule has 0 unspecified atom stereocenters. The minimum absolute atomic E-state index is 0.0323. The van der Waals surface area contributed by atoms with E-state index in [1.165, 1.54) is 42.6 Å². The molecular formula is C24H17ClF7N3O3. The van der Waals surface area contributed by atoms with E-state index in [-0.39, 0.29) is 39.0 Å². The van der Waals surface area contributed by atoms with E-state index in [1.807, 2.05) is 0 Å². The van der Waals surface area contributed by atoms with Crippen LogP contribution in [0.4, 0.5) is 46.9 Å². The van der Waals surface area contributed by atoms with Gasteiger partial charge in [0, 0.05) is 23.1 Å². The lowest BCUT2D eigenvalue weighted by atomic mass is 9.91. The second-order valence-corrected chi connectivity index (χ2v) is 8.34. The molecule has 0 bridgehead atoms. The van der Waals surface area contributed by atoms with Gasteiger partial charge in [0.15, 0.2) is 0 Å². The highest BCUT2D eigenvalue weighted by molar-refractivity contribution is 6.33. The number of anilines is 2. The third-order valence-electron chi connectivity index (χ3n) is 5.20. The van der Waals surface area contributed by atoms with Gasteiger partial charge in [0.2, 0.25) is 0 Å².